The average molecular weight is 483 g/mol. The van der Waals surface area contributed by atoms with Crippen LogP contribution in [-0.2, 0) is 14.8 Å². The highest BCUT2D eigenvalue weighted by Crippen LogP contribution is 2.28. The van der Waals surface area contributed by atoms with Gasteiger partial charge in [0.05, 0.1) is 24.2 Å². The minimum atomic E-state index is -3.96. The Morgan fingerprint density at radius 3 is 2.29 bits per heavy atom. The van der Waals surface area contributed by atoms with Crippen molar-refractivity contribution < 1.29 is 22.7 Å². The van der Waals surface area contributed by atoms with E-state index in [0.29, 0.717) is 17.2 Å². The molecule has 3 rings (SSSR count). The molecule has 0 atom stereocenters. The van der Waals surface area contributed by atoms with Crippen molar-refractivity contribution in [2.75, 3.05) is 31.1 Å². The maximum absolute atomic E-state index is 13.5. The zero-order chi connectivity index (χ0) is 24.7. The van der Waals surface area contributed by atoms with Crippen LogP contribution in [0.1, 0.15) is 16.7 Å². The summed E-state index contributed by atoms with van der Waals surface area (Å²) in [5, 5.41) is 2.75. The number of hydrogen-bond acceptors (Lipinski definition) is 5. The summed E-state index contributed by atoms with van der Waals surface area (Å²) in [6.45, 7) is 5.70. The molecule has 34 heavy (non-hydrogen) atoms. The van der Waals surface area contributed by atoms with Gasteiger partial charge in [0.2, 0.25) is 5.91 Å². The van der Waals surface area contributed by atoms with Crippen LogP contribution in [0.3, 0.4) is 0 Å². The Balaban J connectivity index is 1.74. The first-order valence-electron chi connectivity index (χ1n) is 10.9. The Morgan fingerprint density at radius 2 is 1.59 bits per heavy atom. The quantitative estimate of drug-likeness (QED) is 0.442. The molecule has 3 aromatic carbocycles. The predicted molar refractivity (Wildman–Crippen MR) is 133 cm³/mol. The smallest absolute Gasteiger partial charge is 0.264 e. The third-order valence-electron chi connectivity index (χ3n) is 5.26. The van der Waals surface area contributed by atoms with Crippen LogP contribution < -0.4 is 19.1 Å². The molecular formula is C26H30N2O5S. The second-order valence-corrected chi connectivity index (χ2v) is 9.85. The van der Waals surface area contributed by atoms with Crippen LogP contribution in [0.2, 0.25) is 0 Å². The number of methoxy groups -OCH3 is 1. The van der Waals surface area contributed by atoms with Crippen LogP contribution in [0, 0.1) is 20.8 Å². The normalized spacial score (nSPS) is 11.1. The van der Waals surface area contributed by atoms with Crippen molar-refractivity contribution in [3.8, 4) is 11.5 Å². The van der Waals surface area contributed by atoms with E-state index >= 15 is 0 Å². The van der Waals surface area contributed by atoms with E-state index in [0.717, 1.165) is 21.0 Å². The van der Waals surface area contributed by atoms with Crippen LogP contribution in [-0.4, -0.2) is 41.1 Å². The van der Waals surface area contributed by atoms with Crippen molar-refractivity contribution in [3.05, 3.63) is 83.4 Å². The first kappa shape index (κ1) is 25.1. The highest BCUT2D eigenvalue weighted by molar-refractivity contribution is 7.92. The summed E-state index contributed by atoms with van der Waals surface area (Å²) < 4.78 is 39.0. The maximum Gasteiger partial charge on any atom is 0.264 e. The van der Waals surface area contributed by atoms with E-state index in [9.17, 15) is 13.2 Å². The number of carbonyl (C=O) groups is 1. The summed E-state index contributed by atoms with van der Waals surface area (Å²) in [7, 11) is -2.38. The molecule has 0 unspecified atom stereocenters. The Hall–Kier alpha value is -3.52. The summed E-state index contributed by atoms with van der Waals surface area (Å²) in [5.41, 5.74) is 3.08. The van der Waals surface area contributed by atoms with Gasteiger partial charge in [-0.1, -0.05) is 35.9 Å². The lowest BCUT2D eigenvalue weighted by Gasteiger charge is -2.26. The van der Waals surface area contributed by atoms with Gasteiger partial charge in [0.1, 0.15) is 24.7 Å². The molecule has 180 valence electrons. The topological polar surface area (TPSA) is 84.9 Å². The fraction of sp³-hybridized carbons (Fsp3) is 0.269. The SMILES string of the molecule is COc1cccc(OCCNC(=O)CN(c2cc(C)ccc2C)S(=O)(=O)c2ccc(C)cc2)c1. The third-order valence-corrected chi connectivity index (χ3v) is 7.04. The second-order valence-electron chi connectivity index (χ2n) is 7.99. The minimum Gasteiger partial charge on any atom is -0.497 e. The number of aryl methyl sites for hydroxylation is 3. The Morgan fingerprint density at radius 1 is 0.912 bits per heavy atom. The van der Waals surface area contributed by atoms with Gasteiger partial charge >= 0.3 is 0 Å². The van der Waals surface area contributed by atoms with Gasteiger partial charge in [-0.3, -0.25) is 9.10 Å². The van der Waals surface area contributed by atoms with E-state index in [1.807, 2.05) is 45.0 Å². The zero-order valence-electron chi connectivity index (χ0n) is 19.9. The van der Waals surface area contributed by atoms with Crippen molar-refractivity contribution in [1.29, 1.82) is 0 Å². The van der Waals surface area contributed by atoms with Gasteiger partial charge in [0.15, 0.2) is 0 Å². The number of nitrogens with zero attached hydrogens (tertiary/aromatic N) is 1. The van der Waals surface area contributed by atoms with Crippen LogP contribution in [0.5, 0.6) is 11.5 Å². The molecule has 0 aliphatic rings. The summed E-state index contributed by atoms with van der Waals surface area (Å²) >= 11 is 0. The number of rotatable bonds is 10. The number of carbonyl (C=O) groups excluding carboxylic acids is 1. The van der Waals surface area contributed by atoms with Crippen LogP contribution in [0.4, 0.5) is 5.69 Å². The predicted octanol–water partition coefficient (Wildman–Crippen LogP) is 4.01. The summed E-state index contributed by atoms with van der Waals surface area (Å²) in [4.78, 5) is 12.9. The maximum atomic E-state index is 13.5. The van der Waals surface area contributed by atoms with Crippen LogP contribution in [0.15, 0.2) is 71.6 Å². The Labute approximate surface area is 201 Å². The minimum absolute atomic E-state index is 0.133. The first-order valence-corrected chi connectivity index (χ1v) is 12.3. The fourth-order valence-corrected chi connectivity index (χ4v) is 4.84. The first-order chi connectivity index (χ1) is 16.2. The van der Waals surface area contributed by atoms with Gasteiger partial charge in [-0.2, -0.15) is 0 Å². The van der Waals surface area contributed by atoms with Gasteiger partial charge in [0.25, 0.3) is 10.0 Å². The molecule has 1 amide bonds. The lowest BCUT2D eigenvalue weighted by Crippen LogP contribution is -2.42. The van der Waals surface area contributed by atoms with Crippen molar-refractivity contribution >= 4 is 21.6 Å². The molecular weight excluding hydrogens is 452 g/mol. The molecule has 1 N–H and O–H groups in total. The van der Waals surface area contributed by atoms with E-state index in [4.69, 9.17) is 9.47 Å². The Bertz CT molecular complexity index is 1240. The Kier molecular flexibility index (Phi) is 8.17. The number of benzene rings is 3. The number of sulfonamides is 1. The molecule has 8 heteroatoms. The van der Waals surface area contributed by atoms with Crippen molar-refractivity contribution in [2.45, 2.75) is 25.7 Å². The number of anilines is 1. The molecule has 0 spiro atoms. The number of ether oxygens (including phenoxy) is 2. The van der Waals surface area contributed by atoms with Gasteiger partial charge < -0.3 is 14.8 Å². The molecule has 0 aliphatic carbocycles. The number of nitrogens with one attached hydrogen (secondary N) is 1. The second kappa shape index (κ2) is 11.1. The molecule has 3 aromatic rings. The fourth-order valence-electron chi connectivity index (χ4n) is 3.36. The van der Waals surface area contributed by atoms with E-state index in [2.05, 4.69) is 5.32 Å². The van der Waals surface area contributed by atoms with E-state index in [1.165, 1.54) is 0 Å². The third kappa shape index (κ3) is 6.29. The molecule has 0 aliphatic heterocycles. The van der Waals surface area contributed by atoms with Crippen molar-refractivity contribution in [1.82, 2.24) is 5.32 Å². The molecule has 0 saturated heterocycles. The molecule has 0 bridgehead atoms. The molecule has 0 saturated carbocycles. The molecule has 0 fully saturated rings. The van der Waals surface area contributed by atoms with Crippen molar-refractivity contribution in [3.63, 3.8) is 0 Å². The highest BCUT2D eigenvalue weighted by atomic mass is 32.2. The zero-order valence-corrected chi connectivity index (χ0v) is 20.7. The summed E-state index contributed by atoms with van der Waals surface area (Å²) in [6.07, 6.45) is 0. The largest absolute Gasteiger partial charge is 0.497 e. The van der Waals surface area contributed by atoms with Gasteiger partial charge in [-0.05, 0) is 62.2 Å². The summed E-state index contributed by atoms with van der Waals surface area (Å²) in [6, 6.07) is 19.3. The van der Waals surface area contributed by atoms with Crippen molar-refractivity contribution in [2.24, 2.45) is 0 Å². The standard InChI is InChI=1S/C26H30N2O5S/c1-19-9-12-24(13-10-19)34(30,31)28(25-16-20(2)8-11-21(25)3)18-26(29)27-14-15-33-23-7-5-6-22(17-23)32-4/h5-13,16-17H,14-15,18H2,1-4H3,(H,27,29). The lowest BCUT2D eigenvalue weighted by molar-refractivity contribution is -0.119. The van der Waals surface area contributed by atoms with Gasteiger partial charge in [-0.25, -0.2) is 8.42 Å². The van der Waals surface area contributed by atoms with Crippen LogP contribution in [0.25, 0.3) is 0 Å². The van der Waals surface area contributed by atoms with E-state index in [1.54, 1.807) is 49.6 Å². The lowest BCUT2D eigenvalue weighted by atomic mass is 10.1. The number of hydrogen-bond donors (Lipinski definition) is 1. The molecule has 7 nitrogen and oxygen atoms in total. The van der Waals surface area contributed by atoms with Gasteiger partial charge in [-0.15, -0.1) is 0 Å². The highest BCUT2D eigenvalue weighted by Gasteiger charge is 2.28. The molecule has 0 heterocycles. The molecule has 0 radical (unpaired) electrons. The van der Waals surface area contributed by atoms with E-state index in [-0.39, 0.29) is 24.6 Å². The molecule has 0 aromatic heterocycles. The number of amides is 1. The monoisotopic (exact) mass is 482 g/mol. The van der Waals surface area contributed by atoms with E-state index < -0.39 is 15.9 Å². The summed E-state index contributed by atoms with van der Waals surface area (Å²) in [5.74, 6) is 0.866. The average Bonchev–Trinajstić information content (AvgIpc) is 2.82. The van der Waals surface area contributed by atoms with Gasteiger partial charge in [0, 0.05) is 6.07 Å². The van der Waals surface area contributed by atoms with Crippen LogP contribution >= 0.6 is 0 Å².